The van der Waals surface area contributed by atoms with E-state index < -0.39 is 11.7 Å². The molecule has 2 heterocycles. The molecule has 1 fully saturated rings. The van der Waals surface area contributed by atoms with E-state index >= 15 is 0 Å². The van der Waals surface area contributed by atoms with Gasteiger partial charge in [0, 0.05) is 25.1 Å². The second-order valence-electron chi connectivity index (χ2n) is 7.60. The Hall–Kier alpha value is -3.16. The predicted molar refractivity (Wildman–Crippen MR) is 103 cm³/mol. The molecule has 2 aromatic carbocycles. The van der Waals surface area contributed by atoms with E-state index in [0.29, 0.717) is 11.7 Å². The largest absolute Gasteiger partial charge is 0.416 e. The van der Waals surface area contributed by atoms with Gasteiger partial charge in [0.05, 0.1) is 11.5 Å². The molecule has 0 radical (unpaired) electrons. The van der Waals surface area contributed by atoms with Gasteiger partial charge in [0.1, 0.15) is 0 Å². The third-order valence-electron chi connectivity index (χ3n) is 5.32. The Morgan fingerprint density at radius 1 is 1.17 bits per heavy atom. The maximum atomic E-state index is 13.2. The number of benzene rings is 2. The Labute approximate surface area is 171 Å². The van der Waals surface area contributed by atoms with Gasteiger partial charge < -0.3 is 9.42 Å². The second-order valence-corrected chi connectivity index (χ2v) is 7.60. The van der Waals surface area contributed by atoms with Crippen molar-refractivity contribution >= 4 is 5.91 Å². The zero-order chi connectivity index (χ0) is 21.5. The molecule has 5 nitrogen and oxygen atoms in total. The van der Waals surface area contributed by atoms with Crippen LogP contribution >= 0.6 is 0 Å². The Morgan fingerprint density at radius 3 is 2.70 bits per heavy atom. The van der Waals surface area contributed by atoms with Crippen LogP contribution in [-0.4, -0.2) is 27.5 Å². The smallest absolute Gasteiger partial charge is 0.339 e. The molecule has 0 spiro atoms. The number of rotatable bonds is 4. The number of hydrogen-bond acceptors (Lipinski definition) is 4. The molecule has 1 atom stereocenters. The van der Waals surface area contributed by atoms with Crippen LogP contribution in [0.2, 0.25) is 0 Å². The fourth-order valence-corrected chi connectivity index (χ4v) is 3.72. The van der Waals surface area contributed by atoms with Crippen molar-refractivity contribution in [2.24, 2.45) is 0 Å². The molecule has 156 valence electrons. The predicted octanol–water partition coefficient (Wildman–Crippen LogP) is 4.89. The first kappa shape index (κ1) is 20.1. The van der Waals surface area contributed by atoms with Crippen molar-refractivity contribution in [1.29, 1.82) is 0 Å². The number of alkyl halides is 3. The summed E-state index contributed by atoms with van der Waals surface area (Å²) < 4.78 is 45.2. The summed E-state index contributed by atoms with van der Waals surface area (Å²) in [5.41, 5.74) is 2.26. The summed E-state index contributed by atoms with van der Waals surface area (Å²) >= 11 is 0. The molecule has 0 bridgehead atoms. The molecule has 3 aromatic rings. The second kappa shape index (κ2) is 7.59. The molecular weight excluding hydrogens is 395 g/mol. The first-order valence-electron chi connectivity index (χ1n) is 9.56. The van der Waals surface area contributed by atoms with Crippen LogP contribution in [0, 0.1) is 13.8 Å². The summed E-state index contributed by atoms with van der Waals surface area (Å²) in [5, 5.41) is 4.05. The third kappa shape index (κ3) is 3.94. The number of hydrogen-bond donors (Lipinski definition) is 0. The van der Waals surface area contributed by atoms with Gasteiger partial charge in [-0.3, -0.25) is 4.79 Å². The van der Waals surface area contributed by atoms with Gasteiger partial charge >= 0.3 is 6.18 Å². The van der Waals surface area contributed by atoms with Crippen molar-refractivity contribution in [3.05, 3.63) is 70.6 Å². The van der Waals surface area contributed by atoms with Crippen LogP contribution in [0.4, 0.5) is 13.2 Å². The van der Waals surface area contributed by atoms with Crippen molar-refractivity contribution in [3.63, 3.8) is 0 Å². The lowest BCUT2D eigenvalue weighted by Gasteiger charge is -2.19. The molecule has 1 aromatic heterocycles. The average molecular weight is 415 g/mol. The topological polar surface area (TPSA) is 59.2 Å². The Kier molecular flexibility index (Phi) is 5.09. The molecular formula is C22H20F3N3O2. The lowest BCUT2D eigenvalue weighted by molar-refractivity contribution is -0.139. The van der Waals surface area contributed by atoms with Crippen LogP contribution in [-0.2, 0) is 17.5 Å². The van der Waals surface area contributed by atoms with Gasteiger partial charge in [0.25, 0.3) is 0 Å². The van der Waals surface area contributed by atoms with E-state index in [1.165, 1.54) is 23.1 Å². The minimum atomic E-state index is -4.47. The molecule has 30 heavy (non-hydrogen) atoms. The van der Waals surface area contributed by atoms with Crippen molar-refractivity contribution in [1.82, 2.24) is 15.0 Å². The number of likely N-dealkylation sites (tertiary alicyclic amines) is 1. The van der Waals surface area contributed by atoms with E-state index in [2.05, 4.69) is 10.1 Å². The minimum Gasteiger partial charge on any atom is -0.339 e. The highest BCUT2D eigenvalue weighted by molar-refractivity contribution is 5.79. The molecule has 1 aliphatic heterocycles. The molecule has 4 rings (SSSR count). The maximum Gasteiger partial charge on any atom is 0.416 e. The van der Waals surface area contributed by atoms with Gasteiger partial charge in [-0.05, 0) is 37.1 Å². The highest BCUT2D eigenvalue weighted by Gasteiger charge is 2.37. The highest BCUT2D eigenvalue weighted by atomic mass is 19.4. The lowest BCUT2D eigenvalue weighted by Crippen LogP contribution is -2.26. The SMILES string of the molecule is Cc1ccc(C)c(-c2noc(C3CC(=O)N(Cc4ccccc4C(F)(F)F)C3)n2)c1. The first-order chi connectivity index (χ1) is 14.2. The van der Waals surface area contributed by atoms with Crippen LogP contribution in [0.3, 0.4) is 0 Å². The molecule has 1 amide bonds. The van der Waals surface area contributed by atoms with E-state index in [1.54, 1.807) is 0 Å². The van der Waals surface area contributed by atoms with Crippen LogP contribution in [0.15, 0.2) is 47.0 Å². The zero-order valence-corrected chi connectivity index (χ0v) is 16.5. The van der Waals surface area contributed by atoms with Crippen LogP contribution in [0.5, 0.6) is 0 Å². The number of carbonyl (C=O) groups excluding carboxylic acids is 1. The van der Waals surface area contributed by atoms with Gasteiger partial charge in [-0.25, -0.2) is 0 Å². The minimum absolute atomic E-state index is 0.0700. The normalized spacial score (nSPS) is 17.0. The van der Waals surface area contributed by atoms with Crippen molar-refractivity contribution < 1.29 is 22.5 Å². The van der Waals surface area contributed by atoms with Crippen molar-refractivity contribution in [2.45, 2.75) is 38.9 Å². The standard InChI is InChI=1S/C22H20F3N3O2/c1-13-7-8-14(2)17(9-13)20-26-21(30-27-20)16-10-19(29)28(12-16)11-15-5-3-4-6-18(15)22(23,24)25/h3-9,16H,10-12H2,1-2H3. The quantitative estimate of drug-likeness (QED) is 0.609. The summed E-state index contributed by atoms with van der Waals surface area (Å²) in [6.45, 7) is 4.04. The fourth-order valence-electron chi connectivity index (χ4n) is 3.72. The number of nitrogens with zero attached hydrogens (tertiary/aromatic N) is 3. The number of halogens is 3. The summed E-state index contributed by atoms with van der Waals surface area (Å²) in [6.07, 6.45) is -4.34. The van der Waals surface area contributed by atoms with Gasteiger partial charge in [-0.1, -0.05) is 41.1 Å². The highest BCUT2D eigenvalue weighted by Crippen LogP contribution is 2.35. The van der Waals surface area contributed by atoms with Crippen LogP contribution in [0.25, 0.3) is 11.4 Å². The van der Waals surface area contributed by atoms with E-state index in [-0.39, 0.29) is 36.9 Å². The Bertz CT molecular complexity index is 1090. The van der Waals surface area contributed by atoms with E-state index in [0.717, 1.165) is 22.8 Å². The third-order valence-corrected chi connectivity index (χ3v) is 5.32. The monoisotopic (exact) mass is 415 g/mol. The molecule has 8 heteroatoms. The number of aromatic nitrogens is 2. The number of aryl methyl sites for hydroxylation is 2. The summed E-state index contributed by atoms with van der Waals surface area (Å²) in [7, 11) is 0. The Morgan fingerprint density at radius 2 is 1.93 bits per heavy atom. The van der Waals surface area contributed by atoms with Gasteiger partial charge in [-0.15, -0.1) is 0 Å². The fraction of sp³-hybridized carbons (Fsp3) is 0.318. The van der Waals surface area contributed by atoms with E-state index in [4.69, 9.17) is 4.52 Å². The lowest BCUT2D eigenvalue weighted by atomic mass is 10.1. The molecule has 0 saturated carbocycles. The summed E-state index contributed by atoms with van der Waals surface area (Å²) in [6, 6.07) is 11.2. The first-order valence-corrected chi connectivity index (χ1v) is 9.56. The summed E-state index contributed by atoms with van der Waals surface area (Å²) in [5.74, 6) is 0.191. The molecule has 0 N–H and O–H groups in total. The summed E-state index contributed by atoms with van der Waals surface area (Å²) in [4.78, 5) is 18.3. The zero-order valence-electron chi connectivity index (χ0n) is 16.5. The van der Waals surface area contributed by atoms with Gasteiger partial charge in [-0.2, -0.15) is 18.2 Å². The Balaban J connectivity index is 1.53. The van der Waals surface area contributed by atoms with E-state index in [9.17, 15) is 18.0 Å². The molecule has 1 aliphatic rings. The van der Waals surface area contributed by atoms with Gasteiger partial charge in [0.2, 0.25) is 17.6 Å². The van der Waals surface area contributed by atoms with Crippen LogP contribution in [0.1, 0.15) is 40.5 Å². The number of carbonyl (C=O) groups is 1. The average Bonchev–Trinajstić information content (AvgIpc) is 3.31. The van der Waals surface area contributed by atoms with Crippen LogP contribution < -0.4 is 0 Å². The van der Waals surface area contributed by atoms with Crippen molar-refractivity contribution in [2.75, 3.05) is 6.54 Å². The molecule has 1 saturated heterocycles. The molecule has 0 aliphatic carbocycles. The van der Waals surface area contributed by atoms with Crippen molar-refractivity contribution in [3.8, 4) is 11.4 Å². The van der Waals surface area contributed by atoms with E-state index in [1.807, 2.05) is 32.0 Å². The maximum absolute atomic E-state index is 13.2. The van der Waals surface area contributed by atoms with Gasteiger partial charge in [0.15, 0.2) is 0 Å². The molecule has 1 unspecified atom stereocenters. The number of amides is 1.